The molecule has 0 aromatic heterocycles. The van der Waals surface area contributed by atoms with Gasteiger partial charge in [0.15, 0.2) is 6.61 Å². The summed E-state index contributed by atoms with van der Waals surface area (Å²) in [6.45, 7) is 6.32. The van der Waals surface area contributed by atoms with E-state index in [0.717, 1.165) is 0 Å². The smallest absolute Gasteiger partial charge is 0.306 e. The summed E-state index contributed by atoms with van der Waals surface area (Å²) in [6.07, 6.45) is 0.230. The maximum absolute atomic E-state index is 12.7. The van der Waals surface area contributed by atoms with E-state index in [1.807, 2.05) is 20.8 Å². The van der Waals surface area contributed by atoms with Crippen LogP contribution in [0.4, 0.5) is 0 Å². The second kappa shape index (κ2) is 8.91. The van der Waals surface area contributed by atoms with Crippen LogP contribution >= 0.6 is 0 Å². The summed E-state index contributed by atoms with van der Waals surface area (Å²) in [7, 11) is -2.11. The second-order valence-electron chi connectivity index (χ2n) is 7.86. The van der Waals surface area contributed by atoms with Gasteiger partial charge in [-0.3, -0.25) is 9.59 Å². The van der Waals surface area contributed by atoms with Crippen molar-refractivity contribution >= 4 is 21.9 Å². The van der Waals surface area contributed by atoms with Crippen LogP contribution in [-0.2, 0) is 24.3 Å². The summed E-state index contributed by atoms with van der Waals surface area (Å²) in [5.41, 5.74) is -0.207. The largest absolute Gasteiger partial charge is 0.497 e. The first-order valence-corrected chi connectivity index (χ1v) is 10.5. The number of sulfonamides is 1. The molecule has 0 spiro atoms. The summed E-state index contributed by atoms with van der Waals surface area (Å²) in [5, 5.41) is 0. The average molecular weight is 413 g/mol. The Morgan fingerprint density at radius 1 is 1.04 bits per heavy atom. The lowest BCUT2D eigenvalue weighted by molar-refractivity contribution is -0.154. The summed E-state index contributed by atoms with van der Waals surface area (Å²) >= 11 is 0. The number of carbonyl (C=O) groups is 2. The third-order valence-electron chi connectivity index (χ3n) is 4.32. The first-order valence-electron chi connectivity index (χ1n) is 9.10. The average Bonchev–Trinajstić information content (AvgIpc) is 2.65. The Kier molecular flexibility index (Phi) is 7.06. The fourth-order valence-electron chi connectivity index (χ4n) is 2.79. The third kappa shape index (κ3) is 5.93. The molecule has 1 aliphatic heterocycles. The summed E-state index contributed by atoms with van der Waals surface area (Å²) in [6, 6.07) is 6.19. The topological polar surface area (TPSA) is 93.2 Å². The van der Waals surface area contributed by atoms with Crippen LogP contribution in [0.25, 0.3) is 0 Å². The Labute approximate surface area is 166 Å². The molecule has 1 aromatic rings. The van der Waals surface area contributed by atoms with E-state index in [-0.39, 0.29) is 55.4 Å². The Morgan fingerprint density at radius 2 is 1.61 bits per heavy atom. The predicted octanol–water partition coefficient (Wildman–Crippen LogP) is 1.51. The van der Waals surface area contributed by atoms with Gasteiger partial charge in [0.2, 0.25) is 10.0 Å². The Morgan fingerprint density at radius 3 is 2.11 bits per heavy atom. The fraction of sp³-hybridized carbons (Fsp3) is 0.579. The molecule has 28 heavy (non-hydrogen) atoms. The van der Waals surface area contributed by atoms with Crippen molar-refractivity contribution in [2.24, 2.45) is 5.41 Å². The molecule has 1 aromatic carbocycles. The van der Waals surface area contributed by atoms with Gasteiger partial charge in [0.05, 0.1) is 18.4 Å². The quantitative estimate of drug-likeness (QED) is 0.658. The van der Waals surface area contributed by atoms with Crippen LogP contribution < -0.4 is 4.74 Å². The SMILES string of the molecule is COc1ccc(S(=O)(=O)N2CCN(C(=O)COC(=O)CC(C)(C)C)CC2)cc1. The lowest BCUT2D eigenvalue weighted by Gasteiger charge is -2.34. The highest BCUT2D eigenvalue weighted by atomic mass is 32.2. The summed E-state index contributed by atoms with van der Waals surface area (Å²) < 4.78 is 36.9. The molecule has 1 fully saturated rings. The van der Waals surface area contributed by atoms with Crippen molar-refractivity contribution in [1.82, 2.24) is 9.21 Å². The Hall–Kier alpha value is -2.13. The van der Waals surface area contributed by atoms with Gasteiger partial charge < -0.3 is 14.4 Å². The van der Waals surface area contributed by atoms with Crippen molar-refractivity contribution < 1.29 is 27.5 Å². The molecule has 0 N–H and O–H groups in total. The van der Waals surface area contributed by atoms with Crippen LogP contribution in [0.2, 0.25) is 0 Å². The van der Waals surface area contributed by atoms with E-state index in [1.165, 1.54) is 28.4 Å². The summed E-state index contributed by atoms with van der Waals surface area (Å²) in [5.74, 6) is -0.152. The van der Waals surface area contributed by atoms with Crippen molar-refractivity contribution in [3.63, 3.8) is 0 Å². The molecule has 156 valence electrons. The minimum absolute atomic E-state index is 0.184. The first kappa shape index (κ1) is 22.2. The number of ether oxygens (including phenoxy) is 2. The molecule has 1 saturated heterocycles. The molecule has 0 bridgehead atoms. The monoisotopic (exact) mass is 412 g/mol. The number of benzene rings is 1. The van der Waals surface area contributed by atoms with E-state index in [2.05, 4.69) is 0 Å². The highest BCUT2D eigenvalue weighted by molar-refractivity contribution is 7.89. The third-order valence-corrected chi connectivity index (χ3v) is 6.23. The van der Waals surface area contributed by atoms with Crippen LogP contribution in [0.15, 0.2) is 29.2 Å². The van der Waals surface area contributed by atoms with Gasteiger partial charge in [0, 0.05) is 26.2 Å². The number of methoxy groups -OCH3 is 1. The van der Waals surface area contributed by atoms with Crippen LogP contribution in [-0.4, -0.2) is 69.4 Å². The second-order valence-corrected chi connectivity index (χ2v) is 9.80. The molecule has 1 aliphatic rings. The van der Waals surface area contributed by atoms with Crippen molar-refractivity contribution in [2.45, 2.75) is 32.1 Å². The van der Waals surface area contributed by atoms with Crippen LogP contribution in [0.5, 0.6) is 5.75 Å². The van der Waals surface area contributed by atoms with Gasteiger partial charge in [-0.15, -0.1) is 0 Å². The summed E-state index contributed by atoms with van der Waals surface area (Å²) in [4.78, 5) is 25.7. The molecule has 9 heteroatoms. The van der Waals surface area contributed by atoms with Crippen molar-refractivity contribution in [1.29, 1.82) is 0 Å². The maximum Gasteiger partial charge on any atom is 0.306 e. The highest BCUT2D eigenvalue weighted by Gasteiger charge is 2.30. The number of hydrogen-bond donors (Lipinski definition) is 0. The number of piperazine rings is 1. The number of nitrogens with zero attached hydrogens (tertiary/aromatic N) is 2. The lowest BCUT2D eigenvalue weighted by Crippen LogP contribution is -2.51. The number of rotatable bonds is 6. The fourth-order valence-corrected chi connectivity index (χ4v) is 4.21. The van der Waals surface area contributed by atoms with E-state index in [9.17, 15) is 18.0 Å². The van der Waals surface area contributed by atoms with Crippen LogP contribution in [0.3, 0.4) is 0 Å². The molecule has 0 aliphatic carbocycles. The van der Waals surface area contributed by atoms with Gasteiger partial charge in [-0.1, -0.05) is 20.8 Å². The van der Waals surface area contributed by atoms with Crippen LogP contribution in [0, 0.1) is 5.41 Å². The zero-order valence-corrected chi connectivity index (χ0v) is 17.6. The molecule has 0 saturated carbocycles. The molecule has 8 nitrogen and oxygen atoms in total. The number of hydrogen-bond acceptors (Lipinski definition) is 6. The van der Waals surface area contributed by atoms with Crippen molar-refractivity contribution in [3.05, 3.63) is 24.3 Å². The predicted molar refractivity (Wildman–Crippen MR) is 103 cm³/mol. The van der Waals surface area contributed by atoms with Gasteiger partial charge >= 0.3 is 5.97 Å². The van der Waals surface area contributed by atoms with E-state index in [0.29, 0.717) is 5.75 Å². The van der Waals surface area contributed by atoms with Gasteiger partial charge in [0.1, 0.15) is 5.75 Å². The Balaban J connectivity index is 1.87. The van der Waals surface area contributed by atoms with Crippen molar-refractivity contribution in [2.75, 3.05) is 39.9 Å². The zero-order valence-electron chi connectivity index (χ0n) is 16.8. The van der Waals surface area contributed by atoms with Crippen molar-refractivity contribution in [3.8, 4) is 5.75 Å². The van der Waals surface area contributed by atoms with Crippen LogP contribution in [0.1, 0.15) is 27.2 Å². The number of esters is 1. The first-order chi connectivity index (χ1) is 13.0. The Bertz CT molecular complexity index is 791. The van der Waals surface area contributed by atoms with Gasteiger partial charge in [-0.05, 0) is 29.7 Å². The molecular weight excluding hydrogens is 384 g/mol. The molecule has 0 radical (unpaired) electrons. The molecule has 2 rings (SSSR count). The normalized spacial score (nSPS) is 15.9. The van der Waals surface area contributed by atoms with Gasteiger partial charge in [0.25, 0.3) is 5.91 Å². The van der Waals surface area contributed by atoms with E-state index < -0.39 is 16.0 Å². The molecule has 0 atom stereocenters. The minimum Gasteiger partial charge on any atom is -0.497 e. The minimum atomic E-state index is -3.63. The molecule has 1 amide bonds. The van der Waals surface area contributed by atoms with Gasteiger partial charge in [-0.25, -0.2) is 8.42 Å². The van der Waals surface area contributed by atoms with E-state index in [4.69, 9.17) is 9.47 Å². The maximum atomic E-state index is 12.7. The zero-order chi connectivity index (χ0) is 20.9. The number of amides is 1. The molecule has 0 unspecified atom stereocenters. The highest BCUT2D eigenvalue weighted by Crippen LogP contribution is 2.21. The van der Waals surface area contributed by atoms with E-state index >= 15 is 0 Å². The number of carbonyl (C=O) groups excluding carboxylic acids is 2. The standard InChI is InChI=1S/C19H28N2O6S/c1-19(2,3)13-18(23)27-14-17(22)20-9-11-21(12-10-20)28(24,25)16-7-5-15(26-4)6-8-16/h5-8H,9-14H2,1-4H3. The van der Waals surface area contributed by atoms with E-state index in [1.54, 1.807) is 12.1 Å². The molecule has 1 heterocycles. The lowest BCUT2D eigenvalue weighted by atomic mass is 9.92. The molecular formula is C19H28N2O6S. The van der Waals surface area contributed by atoms with Gasteiger partial charge in [-0.2, -0.15) is 4.31 Å².